The molecule has 0 aliphatic carbocycles. The molecule has 2 rings (SSSR count). The van der Waals surface area contributed by atoms with Gasteiger partial charge in [0.2, 0.25) is 0 Å². The van der Waals surface area contributed by atoms with Gasteiger partial charge in [0, 0.05) is 31.2 Å². The standard InChI is InChI=1S/C14H16ClF5N2O.ClH/c15-11-6-9(5-10(7-11)14(18,19)20)12(13(16,17)8-23)22-3-1-21-2-4-22;/h5-7,12,21,23H,1-4,8H2;1H/t12-;/m0./s1. The average Bonchev–Trinajstić information content (AvgIpc) is 2.47. The predicted octanol–water partition coefficient (Wildman–Crippen LogP) is 3.35. The first-order chi connectivity index (χ1) is 10.6. The van der Waals surface area contributed by atoms with E-state index in [4.69, 9.17) is 16.7 Å². The highest BCUT2D eigenvalue weighted by Crippen LogP contribution is 2.40. The van der Waals surface area contributed by atoms with E-state index in [1.54, 1.807) is 0 Å². The number of alkyl halides is 5. The van der Waals surface area contributed by atoms with E-state index in [2.05, 4.69) is 5.32 Å². The summed E-state index contributed by atoms with van der Waals surface area (Å²) >= 11 is 5.69. The molecule has 1 fully saturated rings. The van der Waals surface area contributed by atoms with Crippen LogP contribution in [0.4, 0.5) is 22.0 Å². The summed E-state index contributed by atoms with van der Waals surface area (Å²) in [5, 5.41) is 11.7. The Hall–Kier alpha value is -0.670. The highest BCUT2D eigenvalue weighted by molar-refractivity contribution is 6.30. The number of hydrogen-bond donors (Lipinski definition) is 2. The van der Waals surface area contributed by atoms with Gasteiger partial charge in [-0.2, -0.15) is 13.2 Å². The lowest BCUT2D eigenvalue weighted by atomic mass is 9.96. The van der Waals surface area contributed by atoms with E-state index in [1.165, 1.54) is 4.90 Å². The summed E-state index contributed by atoms with van der Waals surface area (Å²) in [6.45, 7) is -0.132. The first-order valence-electron chi connectivity index (χ1n) is 6.96. The average molecular weight is 395 g/mol. The van der Waals surface area contributed by atoms with Gasteiger partial charge >= 0.3 is 6.18 Å². The van der Waals surface area contributed by atoms with Gasteiger partial charge in [0.1, 0.15) is 12.6 Å². The van der Waals surface area contributed by atoms with Crippen LogP contribution < -0.4 is 5.32 Å². The molecule has 0 aromatic heterocycles. The molecule has 0 unspecified atom stereocenters. The Morgan fingerprint density at radius 1 is 1.12 bits per heavy atom. The smallest absolute Gasteiger partial charge is 0.390 e. The molecule has 10 heteroatoms. The summed E-state index contributed by atoms with van der Waals surface area (Å²) in [6, 6.07) is 0.779. The van der Waals surface area contributed by atoms with Crippen molar-refractivity contribution in [2.75, 3.05) is 32.8 Å². The SMILES string of the molecule is Cl.OCC(F)(F)[C@H](c1cc(Cl)cc(C(F)(F)F)c1)N1CCNCC1. The van der Waals surface area contributed by atoms with Crippen LogP contribution in [0.5, 0.6) is 0 Å². The number of benzene rings is 1. The predicted molar refractivity (Wildman–Crippen MR) is 82.9 cm³/mol. The summed E-state index contributed by atoms with van der Waals surface area (Å²) in [7, 11) is 0. The zero-order valence-electron chi connectivity index (χ0n) is 12.4. The topological polar surface area (TPSA) is 35.5 Å². The Morgan fingerprint density at radius 3 is 2.21 bits per heavy atom. The highest BCUT2D eigenvalue weighted by Gasteiger charge is 2.45. The quantitative estimate of drug-likeness (QED) is 0.768. The van der Waals surface area contributed by atoms with Crippen LogP contribution >= 0.6 is 24.0 Å². The van der Waals surface area contributed by atoms with Crippen molar-refractivity contribution in [2.45, 2.75) is 18.1 Å². The van der Waals surface area contributed by atoms with E-state index in [0.29, 0.717) is 25.2 Å². The molecule has 0 bridgehead atoms. The molecule has 1 aromatic rings. The number of hydrogen-bond acceptors (Lipinski definition) is 3. The largest absolute Gasteiger partial charge is 0.416 e. The van der Waals surface area contributed by atoms with Crippen LogP contribution in [-0.2, 0) is 6.18 Å². The molecular formula is C14H17Cl2F5N2O. The number of rotatable bonds is 4. The van der Waals surface area contributed by atoms with E-state index in [1.807, 2.05) is 0 Å². The minimum absolute atomic E-state index is 0. The van der Waals surface area contributed by atoms with Crippen molar-refractivity contribution in [3.8, 4) is 0 Å². The third kappa shape index (κ3) is 4.92. The van der Waals surface area contributed by atoms with Crippen LogP contribution in [0.3, 0.4) is 0 Å². The Kier molecular flexibility index (Phi) is 7.25. The number of nitrogens with one attached hydrogen (secondary N) is 1. The fourth-order valence-electron chi connectivity index (χ4n) is 2.68. The molecule has 2 N–H and O–H groups in total. The molecule has 0 amide bonds. The zero-order chi connectivity index (χ0) is 17.3. The third-order valence-corrected chi connectivity index (χ3v) is 3.91. The molecule has 1 aromatic carbocycles. The lowest BCUT2D eigenvalue weighted by Crippen LogP contribution is -2.51. The second-order valence-corrected chi connectivity index (χ2v) is 5.82. The first kappa shape index (κ1) is 21.4. The first-order valence-corrected chi connectivity index (χ1v) is 7.34. The molecule has 138 valence electrons. The molecule has 1 aliphatic heterocycles. The molecule has 0 spiro atoms. The molecule has 1 saturated heterocycles. The maximum absolute atomic E-state index is 14.2. The molecular weight excluding hydrogens is 378 g/mol. The van der Waals surface area contributed by atoms with Crippen molar-refractivity contribution in [3.63, 3.8) is 0 Å². The summed E-state index contributed by atoms with van der Waals surface area (Å²) in [5.74, 6) is -3.59. The Bertz CT molecular complexity index is 550. The van der Waals surface area contributed by atoms with Crippen LogP contribution in [0, 0.1) is 0 Å². The molecule has 0 saturated carbocycles. The van der Waals surface area contributed by atoms with Crippen LogP contribution in [0.15, 0.2) is 18.2 Å². The van der Waals surface area contributed by atoms with Gasteiger partial charge in [-0.05, 0) is 23.8 Å². The van der Waals surface area contributed by atoms with Gasteiger partial charge in [-0.15, -0.1) is 12.4 Å². The van der Waals surface area contributed by atoms with Gasteiger partial charge < -0.3 is 10.4 Å². The van der Waals surface area contributed by atoms with E-state index in [-0.39, 0.29) is 36.1 Å². The van der Waals surface area contributed by atoms with Crippen LogP contribution in [0.1, 0.15) is 17.2 Å². The van der Waals surface area contributed by atoms with Gasteiger partial charge in [-0.1, -0.05) is 11.6 Å². The van der Waals surface area contributed by atoms with Crippen molar-refractivity contribution in [1.29, 1.82) is 0 Å². The molecule has 24 heavy (non-hydrogen) atoms. The van der Waals surface area contributed by atoms with E-state index >= 15 is 0 Å². The number of halogens is 7. The van der Waals surface area contributed by atoms with Gasteiger partial charge in [-0.25, -0.2) is 8.78 Å². The number of aliphatic hydroxyl groups is 1. The van der Waals surface area contributed by atoms with Crippen molar-refractivity contribution >= 4 is 24.0 Å². The third-order valence-electron chi connectivity index (χ3n) is 3.69. The minimum Gasteiger partial charge on any atom is -0.390 e. The zero-order valence-corrected chi connectivity index (χ0v) is 14.0. The van der Waals surface area contributed by atoms with Crippen LogP contribution in [0.2, 0.25) is 5.02 Å². The molecule has 1 aliphatic rings. The van der Waals surface area contributed by atoms with Gasteiger partial charge in [0.05, 0.1) is 5.56 Å². The number of piperazine rings is 1. The monoisotopic (exact) mass is 394 g/mol. The lowest BCUT2D eigenvalue weighted by molar-refractivity contribution is -0.138. The molecule has 1 heterocycles. The minimum atomic E-state index is -4.69. The van der Waals surface area contributed by atoms with Gasteiger partial charge in [0.15, 0.2) is 0 Å². The summed E-state index contributed by atoms with van der Waals surface area (Å²) < 4.78 is 67.2. The maximum atomic E-state index is 14.2. The van der Waals surface area contributed by atoms with E-state index in [9.17, 15) is 22.0 Å². The fourth-order valence-corrected chi connectivity index (χ4v) is 2.93. The van der Waals surface area contributed by atoms with E-state index in [0.717, 1.165) is 6.07 Å². The highest BCUT2D eigenvalue weighted by atomic mass is 35.5. The van der Waals surface area contributed by atoms with Gasteiger partial charge in [-0.3, -0.25) is 4.90 Å². The lowest BCUT2D eigenvalue weighted by Gasteiger charge is -2.39. The van der Waals surface area contributed by atoms with Crippen molar-refractivity contribution in [3.05, 3.63) is 34.3 Å². The van der Waals surface area contributed by atoms with Crippen molar-refractivity contribution < 1.29 is 27.1 Å². The summed E-state index contributed by atoms with van der Waals surface area (Å²) in [6.07, 6.45) is -4.69. The Labute approximate surface area is 147 Å². The molecule has 3 nitrogen and oxygen atoms in total. The second kappa shape index (κ2) is 8.14. The Balaban J connectivity index is 0.00000288. The summed E-state index contributed by atoms with van der Waals surface area (Å²) in [5.41, 5.74) is -1.35. The van der Waals surface area contributed by atoms with Crippen LogP contribution in [-0.4, -0.2) is 48.7 Å². The van der Waals surface area contributed by atoms with E-state index < -0.39 is 30.3 Å². The van der Waals surface area contributed by atoms with Crippen molar-refractivity contribution in [1.82, 2.24) is 10.2 Å². The van der Waals surface area contributed by atoms with Crippen LogP contribution in [0.25, 0.3) is 0 Å². The second-order valence-electron chi connectivity index (χ2n) is 5.38. The molecule has 0 radical (unpaired) electrons. The van der Waals surface area contributed by atoms with Gasteiger partial charge in [0.25, 0.3) is 5.92 Å². The number of aliphatic hydroxyl groups excluding tert-OH is 1. The van der Waals surface area contributed by atoms with Crippen molar-refractivity contribution in [2.24, 2.45) is 0 Å². The molecule has 1 atom stereocenters. The summed E-state index contributed by atoms with van der Waals surface area (Å²) in [4.78, 5) is 1.36. The maximum Gasteiger partial charge on any atom is 0.416 e. The fraction of sp³-hybridized carbons (Fsp3) is 0.571. The normalized spacial score (nSPS) is 18.1. The number of nitrogens with zero attached hydrogens (tertiary/aromatic N) is 1. The Morgan fingerprint density at radius 2 is 1.71 bits per heavy atom.